The number of esters is 2. The predicted molar refractivity (Wildman–Crippen MR) is 100 cm³/mol. The number of rotatable bonds is 8. The molecule has 5 heteroatoms. The maximum absolute atomic E-state index is 11.5. The molecule has 0 amide bonds. The van der Waals surface area contributed by atoms with E-state index in [9.17, 15) is 9.59 Å². The predicted octanol–water partition coefficient (Wildman–Crippen LogP) is 3.91. The quantitative estimate of drug-likeness (QED) is 0.518. The molecule has 0 radical (unpaired) electrons. The normalized spacial score (nSPS) is 15.3. The largest absolute Gasteiger partial charge is 0.466 e. The average molecular weight is 362 g/mol. The highest BCUT2D eigenvalue weighted by molar-refractivity contribution is 5.81. The summed E-state index contributed by atoms with van der Waals surface area (Å²) in [6.45, 7) is 10.00. The number of hydrogen-bond acceptors (Lipinski definition) is 5. The Balaban J connectivity index is 2.97. The zero-order valence-electron chi connectivity index (χ0n) is 16.5. The van der Waals surface area contributed by atoms with E-state index in [1.54, 1.807) is 6.08 Å². The van der Waals surface area contributed by atoms with E-state index < -0.39 is 18.0 Å². The van der Waals surface area contributed by atoms with Crippen LogP contribution in [0.25, 0.3) is 0 Å². The highest BCUT2D eigenvalue weighted by Gasteiger charge is 2.35. The smallest absolute Gasteiger partial charge is 0.330 e. The molecule has 0 aliphatic heterocycles. The van der Waals surface area contributed by atoms with Gasteiger partial charge in [-0.1, -0.05) is 58.0 Å². The minimum atomic E-state index is -0.591. The molecule has 5 nitrogen and oxygen atoms in total. The van der Waals surface area contributed by atoms with E-state index in [0.29, 0.717) is 6.61 Å². The van der Waals surface area contributed by atoms with Gasteiger partial charge in [-0.2, -0.15) is 0 Å². The Bertz CT molecular complexity index is 601. The lowest BCUT2D eigenvalue weighted by atomic mass is 9.79. The first-order chi connectivity index (χ1) is 12.1. The van der Waals surface area contributed by atoms with Gasteiger partial charge in [-0.3, -0.25) is 4.79 Å². The molecule has 0 heterocycles. The Morgan fingerprint density at radius 2 is 1.77 bits per heavy atom. The Morgan fingerprint density at radius 1 is 1.15 bits per heavy atom. The highest BCUT2D eigenvalue weighted by atomic mass is 16.5. The van der Waals surface area contributed by atoms with Crippen molar-refractivity contribution in [1.82, 2.24) is 0 Å². The van der Waals surface area contributed by atoms with Gasteiger partial charge in [0.25, 0.3) is 0 Å². The molecule has 0 unspecified atom stereocenters. The standard InChI is InChI=1S/C21H30O5/c1-15(18(26-16(2)22)12-13-19(23)24-6)20(21(3,4)5)25-14-17-10-8-7-9-11-17/h7-13,15,18,20H,14H2,1-6H3/b13-12+/t15-,18-,20-/m1/s1. The molecular weight excluding hydrogens is 332 g/mol. The molecule has 1 aromatic carbocycles. The molecule has 0 N–H and O–H groups in total. The molecule has 0 aliphatic rings. The topological polar surface area (TPSA) is 61.8 Å². The van der Waals surface area contributed by atoms with E-state index in [4.69, 9.17) is 9.47 Å². The number of hydrogen-bond donors (Lipinski definition) is 0. The first-order valence-corrected chi connectivity index (χ1v) is 8.74. The van der Waals surface area contributed by atoms with Crippen molar-refractivity contribution in [3.8, 4) is 0 Å². The van der Waals surface area contributed by atoms with E-state index >= 15 is 0 Å². The van der Waals surface area contributed by atoms with Crippen LogP contribution >= 0.6 is 0 Å². The van der Waals surface area contributed by atoms with Gasteiger partial charge in [0.05, 0.1) is 19.8 Å². The van der Waals surface area contributed by atoms with Crippen LogP contribution in [0.5, 0.6) is 0 Å². The van der Waals surface area contributed by atoms with E-state index in [1.165, 1.54) is 20.1 Å². The SMILES string of the molecule is COC(=O)/C=C/[C@@H](OC(C)=O)[C@@H](C)[C@@H](OCc1ccccc1)C(C)(C)C. The third kappa shape index (κ3) is 7.40. The Morgan fingerprint density at radius 3 is 2.27 bits per heavy atom. The molecule has 0 aromatic heterocycles. The van der Waals surface area contributed by atoms with Crippen molar-refractivity contribution in [3.05, 3.63) is 48.0 Å². The van der Waals surface area contributed by atoms with Crippen LogP contribution in [0.15, 0.2) is 42.5 Å². The second-order valence-electron chi connectivity index (χ2n) is 7.40. The average Bonchev–Trinajstić information content (AvgIpc) is 2.57. The molecule has 0 aliphatic carbocycles. The summed E-state index contributed by atoms with van der Waals surface area (Å²) in [5, 5.41) is 0. The lowest BCUT2D eigenvalue weighted by Crippen LogP contribution is -2.41. The molecule has 0 saturated heterocycles. The lowest BCUT2D eigenvalue weighted by Gasteiger charge is -2.37. The molecule has 0 fully saturated rings. The fourth-order valence-electron chi connectivity index (χ4n) is 2.88. The van der Waals surface area contributed by atoms with Gasteiger partial charge in [0.1, 0.15) is 6.10 Å². The Kier molecular flexibility index (Phi) is 8.52. The van der Waals surface area contributed by atoms with Gasteiger partial charge in [-0.15, -0.1) is 0 Å². The van der Waals surface area contributed by atoms with Gasteiger partial charge in [0.2, 0.25) is 0 Å². The van der Waals surface area contributed by atoms with Gasteiger partial charge in [0, 0.05) is 18.9 Å². The minimum Gasteiger partial charge on any atom is -0.466 e. The molecule has 144 valence electrons. The van der Waals surface area contributed by atoms with Crippen LogP contribution < -0.4 is 0 Å². The summed E-state index contributed by atoms with van der Waals surface area (Å²) in [6, 6.07) is 9.90. The number of benzene rings is 1. The Hall–Kier alpha value is -2.14. The number of carbonyl (C=O) groups is 2. The molecule has 0 spiro atoms. The van der Waals surface area contributed by atoms with Crippen LogP contribution in [-0.4, -0.2) is 31.3 Å². The van der Waals surface area contributed by atoms with Crippen molar-refractivity contribution >= 4 is 11.9 Å². The summed E-state index contributed by atoms with van der Waals surface area (Å²) in [4.78, 5) is 22.9. The molecule has 1 aromatic rings. The van der Waals surface area contributed by atoms with Crippen LogP contribution in [0, 0.1) is 11.3 Å². The van der Waals surface area contributed by atoms with Crippen molar-refractivity contribution in [2.45, 2.75) is 53.4 Å². The molecule has 3 atom stereocenters. The van der Waals surface area contributed by atoms with Gasteiger partial charge in [0.15, 0.2) is 0 Å². The van der Waals surface area contributed by atoms with Crippen molar-refractivity contribution in [3.63, 3.8) is 0 Å². The van der Waals surface area contributed by atoms with Gasteiger partial charge in [-0.25, -0.2) is 4.79 Å². The summed E-state index contributed by atoms with van der Waals surface area (Å²) in [5.74, 6) is -1.07. The van der Waals surface area contributed by atoms with E-state index in [-0.39, 0.29) is 17.4 Å². The third-order valence-corrected chi connectivity index (χ3v) is 4.05. The van der Waals surface area contributed by atoms with E-state index in [0.717, 1.165) is 5.56 Å². The zero-order valence-corrected chi connectivity index (χ0v) is 16.5. The van der Waals surface area contributed by atoms with Gasteiger partial charge < -0.3 is 14.2 Å². The monoisotopic (exact) mass is 362 g/mol. The zero-order chi connectivity index (χ0) is 19.7. The minimum absolute atomic E-state index is 0.163. The van der Waals surface area contributed by atoms with Crippen LogP contribution in [-0.2, 0) is 30.4 Å². The fourth-order valence-corrected chi connectivity index (χ4v) is 2.88. The first-order valence-electron chi connectivity index (χ1n) is 8.74. The van der Waals surface area contributed by atoms with Crippen molar-refractivity contribution in [2.24, 2.45) is 11.3 Å². The first kappa shape index (κ1) is 21.9. The van der Waals surface area contributed by atoms with Crippen LogP contribution in [0.1, 0.15) is 40.2 Å². The van der Waals surface area contributed by atoms with E-state index in [2.05, 4.69) is 25.5 Å². The van der Waals surface area contributed by atoms with E-state index in [1.807, 2.05) is 37.3 Å². The molecule has 0 bridgehead atoms. The fraction of sp³-hybridized carbons (Fsp3) is 0.524. The second kappa shape index (κ2) is 10.1. The van der Waals surface area contributed by atoms with Crippen molar-refractivity contribution in [2.75, 3.05) is 7.11 Å². The van der Waals surface area contributed by atoms with Gasteiger partial charge >= 0.3 is 11.9 Å². The number of carbonyl (C=O) groups excluding carboxylic acids is 2. The number of ether oxygens (including phenoxy) is 3. The summed E-state index contributed by atoms with van der Waals surface area (Å²) < 4.78 is 16.3. The van der Waals surface area contributed by atoms with Gasteiger partial charge in [-0.05, 0) is 17.1 Å². The summed E-state index contributed by atoms with van der Waals surface area (Å²) in [5.41, 5.74) is 0.884. The summed E-state index contributed by atoms with van der Waals surface area (Å²) in [6.07, 6.45) is 2.05. The summed E-state index contributed by atoms with van der Waals surface area (Å²) >= 11 is 0. The van der Waals surface area contributed by atoms with Crippen molar-refractivity contribution in [1.29, 1.82) is 0 Å². The Labute approximate surface area is 156 Å². The molecule has 0 saturated carbocycles. The lowest BCUT2D eigenvalue weighted by molar-refractivity contribution is -0.152. The third-order valence-electron chi connectivity index (χ3n) is 4.05. The van der Waals surface area contributed by atoms with Crippen LogP contribution in [0.3, 0.4) is 0 Å². The van der Waals surface area contributed by atoms with Crippen LogP contribution in [0.4, 0.5) is 0 Å². The second-order valence-corrected chi connectivity index (χ2v) is 7.40. The summed E-state index contributed by atoms with van der Waals surface area (Å²) in [7, 11) is 1.30. The number of methoxy groups -OCH3 is 1. The molecular formula is C21H30O5. The maximum atomic E-state index is 11.5. The molecule has 26 heavy (non-hydrogen) atoms. The van der Waals surface area contributed by atoms with Crippen molar-refractivity contribution < 1.29 is 23.8 Å². The highest BCUT2D eigenvalue weighted by Crippen LogP contribution is 2.32. The molecule has 1 rings (SSSR count). The maximum Gasteiger partial charge on any atom is 0.330 e. The van der Waals surface area contributed by atoms with Crippen LogP contribution in [0.2, 0.25) is 0 Å².